The maximum Gasteiger partial charge on any atom is 0.229 e. The van der Waals surface area contributed by atoms with Crippen molar-refractivity contribution in [3.05, 3.63) is 47.5 Å². The number of hydrogen-bond acceptors (Lipinski definition) is 4. The number of carbonyl (C=O) groups excluding carboxylic acids is 2. The minimum absolute atomic E-state index is 0.0963. The Morgan fingerprint density at radius 3 is 2.69 bits per heavy atom. The number of amides is 2. The first-order chi connectivity index (χ1) is 12.6. The van der Waals surface area contributed by atoms with Crippen LogP contribution < -0.4 is 19.7 Å². The molecule has 1 fully saturated rings. The van der Waals surface area contributed by atoms with Crippen molar-refractivity contribution in [2.24, 2.45) is 5.92 Å². The number of benzene rings is 2. The van der Waals surface area contributed by atoms with Crippen LogP contribution in [0.3, 0.4) is 0 Å². The maximum atomic E-state index is 12.5. The average molecular weight is 373 g/mol. The van der Waals surface area contributed by atoms with E-state index >= 15 is 0 Å². The summed E-state index contributed by atoms with van der Waals surface area (Å²) in [7, 11) is 0. The minimum Gasteiger partial charge on any atom is -0.486 e. The van der Waals surface area contributed by atoms with Crippen LogP contribution in [0.2, 0.25) is 5.02 Å². The van der Waals surface area contributed by atoms with E-state index in [1.807, 2.05) is 0 Å². The molecule has 2 aliphatic heterocycles. The van der Waals surface area contributed by atoms with Crippen LogP contribution in [0, 0.1) is 5.92 Å². The molecule has 0 bridgehead atoms. The Kier molecular flexibility index (Phi) is 4.42. The molecular weight excluding hydrogens is 356 g/mol. The van der Waals surface area contributed by atoms with Gasteiger partial charge >= 0.3 is 0 Å². The first kappa shape index (κ1) is 16.7. The second-order valence-corrected chi connectivity index (χ2v) is 6.61. The van der Waals surface area contributed by atoms with Crippen molar-refractivity contribution in [1.82, 2.24) is 0 Å². The van der Waals surface area contributed by atoms with Gasteiger partial charge in [-0.3, -0.25) is 9.59 Å². The third-order valence-electron chi connectivity index (χ3n) is 4.46. The van der Waals surface area contributed by atoms with Gasteiger partial charge in [-0.25, -0.2) is 0 Å². The fourth-order valence-corrected chi connectivity index (χ4v) is 3.31. The summed E-state index contributed by atoms with van der Waals surface area (Å²) in [6.45, 7) is 1.31. The lowest BCUT2D eigenvalue weighted by Crippen LogP contribution is -2.28. The van der Waals surface area contributed by atoms with Crippen molar-refractivity contribution in [3.8, 4) is 11.5 Å². The van der Waals surface area contributed by atoms with Gasteiger partial charge in [0.25, 0.3) is 0 Å². The molecule has 0 unspecified atom stereocenters. The summed E-state index contributed by atoms with van der Waals surface area (Å²) in [6, 6.07) is 12.4. The Morgan fingerprint density at radius 1 is 1.12 bits per heavy atom. The molecule has 0 saturated carbocycles. The Hall–Kier alpha value is -2.73. The predicted molar refractivity (Wildman–Crippen MR) is 98.0 cm³/mol. The summed E-state index contributed by atoms with van der Waals surface area (Å²) in [5, 5.41) is 3.27. The number of halogens is 1. The average Bonchev–Trinajstić information content (AvgIpc) is 3.05. The second-order valence-electron chi connectivity index (χ2n) is 6.20. The van der Waals surface area contributed by atoms with Crippen molar-refractivity contribution in [3.63, 3.8) is 0 Å². The van der Waals surface area contributed by atoms with Crippen LogP contribution >= 0.6 is 11.6 Å². The molecule has 0 radical (unpaired) electrons. The summed E-state index contributed by atoms with van der Waals surface area (Å²) >= 11 is 6.08. The zero-order valence-corrected chi connectivity index (χ0v) is 14.7. The van der Waals surface area contributed by atoms with Gasteiger partial charge in [0.2, 0.25) is 11.8 Å². The molecular formula is C19H17ClN2O4. The number of nitrogens with zero attached hydrogens (tertiary/aromatic N) is 1. The normalized spacial score (nSPS) is 18.7. The molecule has 1 N–H and O–H groups in total. The van der Waals surface area contributed by atoms with Crippen LogP contribution in [0.15, 0.2) is 42.5 Å². The van der Waals surface area contributed by atoms with Crippen molar-refractivity contribution >= 4 is 34.8 Å². The summed E-state index contributed by atoms with van der Waals surface area (Å²) in [6.07, 6.45) is 0.157. The number of anilines is 2. The molecule has 2 aromatic carbocycles. The van der Waals surface area contributed by atoms with Gasteiger partial charge in [0.05, 0.1) is 16.6 Å². The highest BCUT2D eigenvalue weighted by Gasteiger charge is 2.35. The van der Waals surface area contributed by atoms with Crippen LogP contribution in [0.5, 0.6) is 11.5 Å². The molecule has 4 rings (SSSR count). The quantitative estimate of drug-likeness (QED) is 0.899. The second kappa shape index (κ2) is 6.88. The Labute approximate surface area is 155 Å². The molecule has 2 amide bonds. The highest BCUT2D eigenvalue weighted by molar-refractivity contribution is 6.33. The molecule has 1 atom stereocenters. The molecule has 0 spiro atoms. The van der Waals surface area contributed by atoms with E-state index in [0.717, 1.165) is 0 Å². The van der Waals surface area contributed by atoms with E-state index in [1.54, 1.807) is 47.4 Å². The van der Waals surface area contributed by atoms with Crippen LogP contribution in [0.4, 0.5) is 11.4 Å². The van der Waals surface area contributed by atoms with Gasteiger partial charge in [0.1, 0.15) is 13.2 Å². The Balaban J connectivity index is 1.48. The van der Waals surface area contributed by atoms with Gasteiger partial charge in [-0.15, -0.1) is 0 Å². The van der Waals surface area contributed by atoms with Crippen molar-refractivity contribution in [2.45, 2.75) is 6.42 Å². The third kappa shape index (κ3) is 3.20. The SMILES string of the molecule is O=C(Nc1ccccc1Cl)[C@H]1CC(=O)N(c2ccc3c(c2)OCCO3)C1. The minimum atomic E-state index is -0.438. The van der Waals surface area contributed by atoms with Crippen LogP contribution in [-0.2, 0) is 9.59 Å². The van der Waals surface area contributed by atoms with E-state index < -0.39 is 5.92 Å². The molecule has 134 valence electrons. The first-order valence-corrected chi connectivity index (χ1v) is 8.75. The molecule has 26 heavy (non-hydrogen) atoms. The fraction of sp³-hybridized carbons (Fsp3) is 0.263. The van der Waals surface area contributed by atoms with Gasteiger partial charge < -0.3 is 19.7 Å². The fourth-order valence-electron chi connectivity index (χ4n) is 3.13. The van der Waals surface area contributed by atoms with E-state index in [4.69, 9.17) is 21.1 Å². The number of hydrogen-bond donors (Lipinski definition) is 1. The van der Waals surface area contributed by atoms with E-state index in [0.29, 0.717) is 47.7 Å². The standard InChI is InChI=1S/C19H17ClN2O4/c20-14-3-1-2-4-15(14)21-19(24)12-9-18(23)22(11-12)13-5-6-16-17(10-13)26-8-7-25-16/h1-6,10,12H,7-9,11H2,(H,21,24)/t12-/m0/s1. The molecule has 7 heteroatoms. The summed E-state index contributed by atoms with van der Waals surface area (Å²) in [4.78, 5) is 26.6. The van der Waals surface area contributed by atoms with Gasteiger partial charge in [-0.2, -0.15) is 0 Å². The summed E-state index contributed by atoms with van der Waals surface area (Å²) in [5.74, 6) is 0.532. The molecule has 2 aliphatic rings. The van der Waals surface area contributed by atoms with Gasteiger partial charge in [-0.05, 0) is 24.3 Å². The van der Waals surface area contributed by atoms with E-state index in [-0.39, 0.29) is 18.2 Å². The predicted octanol–water partition coefficient (Wildman–Crippen LogP) is 3.10. The number of fused-ring (bicyclic) bond motifs is 1. The lowest BCUT2D eigenvalue weighted by atomic mass is 10.1. The van der Waals surface area contributed by atoms with Crippen LogP contribution in [0.1, 0.15) is 6.42 Å². The zero-order chi connectivity index (χ0) is 18.1. The Morgan fingerprint density at radius 2 is 1.88 bits per heavy atom. The highest BCUT2D eigenvalue weighted by Crippen LogP contribution is 2.36. The number of ether oxygens (including phenoxy) is 2. The number of para-hydroxylation sites is 1. The lowest BCUT2D eigenvalue weighted by Gasteiger charge is -2.22. The smallest absolute Gasteiger partial charge is 0.229 e. The number of nitrogens with one attached hydrogen (secondary N) is 1. The number of rotatable bonds is 3. The molecule has 2 aromatic rings. The zero-order valence-electron chi connectivity index (χ0n) is 13.9. The van der Waals surface area contributed by atoms with Crippen LogP contribution in [-0.4, -0.2) is 31.6 Å². The van der Waals surface area contributed by atoms with Crippen molar-refractivity contribution in [2.75, 3.05) is 30.0 Å². The van der Waals surface area contributed by atoms with E-state index in [9.17, 15) is 9.59 Å². The molecule has 1 saturated heterocycles. The number of carbonyl (C=O) groups is 2. The van der Waals surface area contributed by atoms with Crippen LogP contribution in [0.25, 0.3) is 0 Å². The van der Waals surface area contributed by atoms with Gasteiger partial charge in [-0.1, -0.05) is 23.7 Å². The lowest BCUT2D eigenvalue weighted by molar-refractivity contribution is -0.122. The van der Waals surface area contributed by atoms with Gasteiger partial charge in [0, 0.05) is 24.7 Å². The van der Waals surface area contributed by atoms with E-state index in [2.05, 4.69) is 5.32 Å². The van der Waals surface area contributed by atoms with Gasteiger partial charge in [0.15, 0.2) is 11.5 Å². The summed E-state index contributed by atoms with van der Waals surface area (Å²) in [5.41, 5.74) is 1.25. The summed E-state index contributed by atoms with van der Waals surface area (Å²) < 4.78 is 11.1. The van der Waals surface area contributed by atoms with E-state index in [1.165, 1.54) is 0 Å². The molecule has 2 heterocycles. The molecule has 0 aromatic heterocycles. The monoisotopic (exact) mass is 372 g/mol. The maximum absolute atomic E-state index is 12.5. The van der Waals surface area contributed by atoms with Crippen molar-refractivity contribution < 1.29 is 19.1 Å². The first-order valence-electron chi connectivity index (χ1n) is 8.37. The highest BCUT2D eigenvalue weighted by atomic mass is 35.5. The molecule has 0 aliphatic carbocycles. The Bertz CT molecular complexity index is 870. The third-order valence-corrected chi connectivity index (χ3v) is 4.79. The topological polar surface area (TPSA) is 67.9 Å². The van der Waals surface area contributed by atoms with Crippen molar-refractivity contribution in [1.29, 1.82) is 0 Å². The molecule has 6 nitrogen and oxygen atoms in total. The largest absolute Gasteiger partial charge is 0.486 e.